The summed E-state index contributed by atoms with van der Waals surface area (Å²) in [5, 5.41) is 7.46. The average molecular weight is 243 g/mol. The van der Waals surface area contributed by atoms with Gasteiger partial charge in [-0.05, 0) is 50.8 Å². The first kappa shape index (κ1) is 12.9. The van der Waals surface area contributed by atoms with Crippen LogP contribution in [0.4, 0.5) is 0 Å². The first-order valence-electron chi connectivity index (χ1n) is 6.58. The fraction of sp³-hybridized carbons (Fsp3) is 0.438. The van der Waals surface area contributed by atoms with E-state index in [1.807, 2.05) is 18.2 Å². The van der Waals surface area contributed by atoms with Gasteiger partial charge in [0.2, 0.25) is 0 Å². The van der Waals surface area contributed by atoms with E-state index in [0.717, 1.165) is 25.0 Å². The van der Waals surface area contributed by atoms with Crippen molar-refractivity contribution in [2.24, 2.45) is 0 Å². The van der Waals surface area contributed by atoms with Crippen LogP contribution < -0.4 is 4.74 Å². The molecule has 0 radical (unpaired) electrons. The predicted molar refractivity (Wildman–Crippen MR) is 76.5 cm³/mol. The summed E-state index contributed by atoms with van der Waals surface area (Å²) in [4.78, 5) is 0. The molecule has 1 unspecified atom stereocenters. The molecule has 2 heteroatoms. The Morgan fingerprint density at radius 1 is 1.50 bits per heavy atom. The molecule has 1 heterocycles. The molecule has 0 saturated heterocycles. The summed E-state index contributed by atoms with van der Waals surface area (Å²) in [6.45, 7) is 6.14. The van der Waals surface area contributed by atoms with E-state index < -0.39 is 0 Å². The van der Waals surface area contributed by atoms with E-state index in [1.165, 1.54) is 11.1 Å². The lowest BCUT2D eigenvalue weighted by Crippen LogP contribution is -2.35. The maximum absolute atomic E-state index is 7.46. The van der Waals surface area contributed by atoms with Gasteiger partial charge in [0.15, 0.2) is 0 Å². The van der Waals surface area contributed by atoms with Crippen molar-refractivity contribution in [2.75, 3.05) is 0 Å². The van der Waals surface area contributed by atoms with Crippen molar-refractivity contribution in [1.82, 2.24) is 0 Å². The highest BCUT2D eigenvalue weighted by Crippen LogP contribution is 2.36. The third-order valence-electron chi connectivity index (χ3n) is 3.69. The number of hydrogen-bond acceptors (Lipinski definition) is 2. The van der Waals surface area contributed by atoms with Crippen LogP contribution in [0.5, 0.6) is 5.75 Å². The van der Waals surface area contributed by atoms with Gasteiger partial charge in [-0.15, -0.1) is 0 Å². The lowest BCUT2D eigenvalue weighted by atomic mass is 9.88. The molecule has 1 aromatic rings. The number of rotatable bonds is 3. The molecule has 1 aliphatic heterocycles. The van der Waals surface area contributed by atoms with Crippen molar-refractivity contribution < 1.29 is 4.74 Å². The second-order valence-electron chi connectivity index (χ2n) is 5.25. The van der Waals surface area contributed by atoms with E-state index in [2.05, 4.69) is 26.0 Å². The van der Waals surface area contributed by atoms with Crippen LogP contribution in [0.1, 0.15) is 44.7 Å². The highest BCUT2D eigenvalue weighted by molar-refractivity contribution is 5.94. The number of nitrogens with one attached hydrogen (secondary N) is 1. The van der Waals surface area contributed by atoms with Crippen LogP contribution in [0.2, 0.25) is 0 Å². The molecule has 18 heavy (non-hydrogen) atoms. The van der Waals surface area contributed by atoms with Gasteiger partial charge in [0.1, 0.15) is 11.4 Å². The van der Waals surface area contributed by atoms with E-state index in [9.17, 15) is 0 Å². The molecule has 1 atom stereocenters. The van der Waals surface area contributed by atoms with Gasteiger partial charge in [0.25, 0.3) is 0 Å². The van der Waals surface area contributed by atoms with Crippen LogP contribution >= 0.6 is 0 Å². The third kappa shape index (κ3) is 2.63. The van der Waals surface area contributed by atoms with Crippen LogP contribution in [0.3, 0.4) is 0 Å². The second kappa shape index (κ2) is 4.97. The lowest BCUT2D eigenvalue weighted by Gasteiger charge is -2.35. The van der Waals surface area contributed by atoms with Crippen LogP contribution in [0.25, 0.3) is 6.08 Å². The molecule has 2 rings (SSSR count). The van der Waals surface area contributed by atoms with Crippen molar-refractivity contribution in [3.63, 3.8) is 0 Å². The fourth-order valence-corrected chi connectivity index (χ4v) is 2.27. The van der Waals surface area contributed by atoms with Gasteiger partial charge in [0, 0.05) is 11.3 Å². The van der Waals surface area contributed by atoms with Crippen molar-refractivity contribution in [3.05, 3.63) is 35.4 Å². The number of hydrogen-bond donors (Lipinski definition) is 1. The summed E-state index contributed by atoms with van der Waals surface area (Å²) in [7, 11) is 0. The van der Waals surface area contributed by atoms with Gasteiger partial charge >= 0.3 is 0 Å². The predicted octanol–water partition coefficient (Wildman–Crippen LogP) is 4.23. The van der Waals surface area contributed by atoms with E-state index in [-0.39, 0.29) is 5.60 Å². The van der Waals surface area contributed by atoms with Gasteiger partial charge in [0.05, 0.1) is 0 Å². The van der Waals surface area contributed by atoms with Crippen LogP contribution in [-0.4, -0.2) is 11.3 Å². The van der Waals surface area contributed by atoms with Crippen molar-refractivity contribution >= 4 is 11.8 Å². The zero-order chi connectivity index (χ0) is 13.2. The van der Waals surface area contributed by atoms with Crippen molar-refractivity contribution in [2.45, 2.75) is 45.6 Å². The summed E-state index contributed by atoms with van der Waals surface area (Å²) in [6, 6.07) is 6.17. The molecule has 1 N–H and O–H groups in total. The molecule has 1 aliphatic rings. The molecular formula is C16H21NO. The molecule has 0 saturated carbocycles. The summed E-state index contributed by atoms with van der Waals surface area (Å²) in [6.07, 6.45) is 7.00. The lowest BCUT2D eigenvalue weighted by molar-refractivity contribution is 0.0612. The fourth-order valence-electron chi connectivity index (χ4n) is 2.27. The largest absolute Gasteiger partial charge is 0.487 e. The Labute approximate surface area is 109 Å². The summed E-state index contributed by atoms with van der Waals surface area (Å²) >= 11 is 0. The van der Waals surface area contributed by atoms with Crippen molar-refractivity contribution in [1.29, 1.82) is 5.41 Å². The minimum Gasteiger partial charge on any atom is -0.487 e. The highest BCUT2D eigenvalue weighted by Gasteiger charge is 2.30. The Hall–Kier alpha value is -1.57. The Kier molecular flexibility index (Phi) is 3.55. The zero-order valence-electron chi connectivity index (χ0n) is 11.4. The summed E-state index contributed by atoms with van der Waals surface area (Å²) < 4.78 is 6.13. The molecule has 0 spiro atoms. The van der Waals surface area contributed by atoms with Gasteiger partial charge in [-0.1, -0.05) is 25.1 Å². The molecule has 2 nitrogen and oxygen atoms in total. The molecular weight excluding hydrogens is 222 g/mol. The molecule has 96 valence electrons. The Bertz CT molecular complexity index is 490. The monoisotopic (exact) mass is 243 g/mol. The topological polar surface area (TPSA) is 33.1 Å². The van der Waals surface area contributed by atoms with Crippen LogP contribution in [0, 0.1) is 5.41 Å². The molecule has 0 aromatic heterocycles. The Morgan fingerprint density at radius 3 is 2.94 bits per heavy atom. The third-order valence-corrected chi connectivity index (χ3v) is 3.69. The van der Waals surface area contributed by atoms with Gasteiger partial charge in [-0.2, -0.15) is 0 Å². The summed E-state index contributed by atoms with van der Waals surface area (Å²) in [5.74, 6) is 1.01. The number of ether oxygens (including phenoxy) is 1. The first-order chi connectivity index (χ1) is 8.54. The smallest absolute Gasteiger partial charge is 0.123 e. The number of allylic oxidation sites excluding steroid dienone is 1. The first-order valence-corrected chi connectivity index (χ1v) is 6.58. The van der Waals surface area contributed by atoms with Gasteiger partial charge < -0.3 is 10.1 Å². The Balaban J connectivity index is 2.33. The molecule has 0 bridgehead atoms. The molecule has 0 fully saturated rings. The quantitative estimate of drug-likeness (QED) is 0.792. The minimum absolute atomic E-state index is 0.0210. The molecule has 0 aliphatic carbocycles. The molecule has 0 amide bonds. The van der Waals surface area contributed by atoms with E-state index in [4.69, 9.17) is 10.1 Å². The number of benzene rings is 1. The number of fused-ring (bicyclic) bond motifs is 1. The van der Waals surface area contributed by atoms with Gasteiger partial charge in [-0.25, -0.2) is 0 Å². The highest BCUT2D eigenvalue weighted by atomic mass is 16.5. The van der Waals surface area contributed by atoms with Gasteiger partial charge in [-0.3, -0.25) is 0 Å². The van der Waals surface area contributed by atoms with E-state index >= 15 is 0 Å². The van der Waals surface area contributed by atoms with Crippen molar-refractivity contribution in [3.8, 4) is 5.75 Å². The standard InChI is InChI=1S/C16H21NO/c1-4-16(3)11-10-14-13(9-8-12(2)17)6-5-7-15(14)18-16/h5-9,17H,4,10-11H2,1-3H3/b9-8-,17-12?. The zero-order valence-corrected chi connectivity index (χ0v) is 11.4. The normalized spacial score (nSPS) is 22.6. The molecule has 1 aromatic carbocycles. The minimum atomic E-state index is -0.0210. The maximum atomic E-state index is 7.46. The van der Waals surface area contributed by atoms with E-state index in [1.54, 1.807) is 6.92 Å². The Morgan fingerprint density at radius 2 is 2.28 bits per heavy atom. The SMILES string of the molecule is CCC1(C)CCc2c(/C=C\C(C)=N)cccc2O1. The van der Waals surface area contributed by atoms with Crippen LogP contribution in [-0.2, 0) is 6.42 Å². The second-order valence-corrected chi connectivity index (χ2v) is 5.25. The maximum Gasteiger partial charge on any atom is 0.123 e. The van der Waals surface area contributed by atoms with Crippen LogP contribution in [0.15, 0.2) is 24.3 Å². The van der Waals surface area contributed by atoms with E-state index in [0.29, 0.717) is 5.71 Å². The average Bonchev–Trinajstić information content (AvgIpc) is 2.35. The summed E-state index contributed by atoms with van der Waals surface area (Å²) in [5.41, 5.74) is 3.01.